The van der Waals surface area contributed by atoms with Gasteiger partial charge in [0, 0.05) is 11.9 Å². The van der Waals surface area contributed by atoms with E-state index in [0.717, 1.165) is 24.4 Å². The van der Waals surface area contributed by atoms with Crippen molar-refractivity contribution in [3.8, 4) is 0 Å². The summed E-state index contributed by atoms with van der Waals surface area (Å²) in [5, 5.41) is 3.72. The molecule has 16 heavy (non-hydrogen) atoms. The van der Waals surface area contributed by atoms with Crippen LogP contribution in [0, 0.1) is 11.2 Å². The van der Waals surface area contributed by atoms with Crippen molar-refractivity contribution in [1.29, 1.82) is 0 Å². The molecule has 0 radical (unpaired) electrons. The lowest BCUT2D eigenvalue weighted by atomic mass is 10.1. The molecule has 1 aliphatic rings. The minimum absolute atomic E-state index is 0.232. The van der Waals surface area contributed by atoms with Crippen LogP contribution in [-0.2, 0) is 0 Å². The first-order chi connectivity index (χ1) is 7.65. The second kappa shape index (κ2) is 4.49. The highest BCUT2D eigenvalue weighted by Gasteiger charge is 2.41. The zero-order valence-electron chi connectivity index (χ0n) is 8.67. The van der Waals surface area contributed by atoms with Gasteiger partial charge in [-0.25, -0.2) is 9.37 Å². The van der Waals surface area contributed by atoms with Crippen molar-refractivity contribution in [3.63, 3.8) is 0 Å². The number of halogens is 2. The van der Waals surface area contributed by atoms with Crippen molar-refractivity contribution in [1.82, 2.24) is 10.3 Å². The maximum Gasteiger partial charge on any atom is 0.269 e. The number of carbonyl (C=O) groups is 1. The van der Waals surface area contributed by atoms with E-state index in [4.69, 9.17) is 0 Å². The molecular weight excluding hydrogens is 275 g/mol. The Kier molecular flexibility index (Phi) is 3.23. The molecule has 1 fully saturated rings. The van der Waals surface area contributed by atoms with Crippen LogP contribution < -0.4 is 5.32 Å². The maximum absolute atomic E-state index is 12.6. The van der Waals surface area contributed by atoms with Crippen LogP contribution in [0.1, 0.15) is 23.3 Å². The Morgan fingerprint density at radius 1 is 1.56 bits per heavy atom. The Labute approximate surface area is 102 Å². The lowest BCUT2D eigenvalue weighted by Gasteiger charge is -2.12. The fourth-order valence-electron chi connectivity index (χ4n) is 1.40. The highest BCUT2D eigenvalue weighted by Crippen LogP contribution is 2.46. The van der Waals surface area contributed by atoms with E-state index in [0.29, 0.717) is 6.54 Å². The van der Waals surface area contributed by atoms with E-state index in [9.17, 15) is 9.18 Å². The Morgan fingerprint density at radius 2 is 2.31 bits per heavy atom. The molecule has 1 saturated carbocycles. The van der Waals surface area contributed by atoms with Crippen molar-refractivity contribution < 1.29 is 9.18 Å². The van der Waals surface area contributed by atoms with Gasteiger partial charge in [0.2, 0.25) is 0 Å². The maximum atomic E-state index is 12.6. The van der Waals surface area contributed by atoms with E-state index in [2.05, 4.69) is 26.2 Å². The molecule has 0 bridgehead atoms. The Balaban J connectivity index is 1.91. The van der Waals surface area contributed by atoms with E-state index in [1.165, 1.54) is 12.1 Å². The quantitative estimate of drug-likeness (QED) is 0.862. The molecule has 0 atom stereocenters. The van der Waals surface area contributed by atoms with Crippen molar-refractivity contribution in [2.75, 3.05) is 11.9 Å². The molecule has 1 aromatic heterocycles. The summed E-state index contributed by atoms with van der Waals surface area (Å²) in [6.07, 6.45) is 3.32. The molecule has 2 rings (SSSR count). The van der Waals surface area contributed by atoms with Crippen LogP contribution in [0.4, 0.5) is 4.39 Å². The number of nitrogens with zero attached hydrogens (tertiary/aromatic N) is 1. The number of carbonyl (C=O) groups excluding carboxylic acids is 1. The molecule has 0 aromatic carbocycles. The summed E-state index contributed by atoms with van der Waals surface area (Å²) in [6, 6.07) is 2.62. The molecule has 0 spiro atoms. The molecule has 1 aromatic rings. The third kappa shape index (κ3) is 2.58. The molecule has 5 heteroatoms. The first-order valence-corrected chi connectivity index (χ1v) is 6.23. The molecule has 1 amide bonds. The van der Waals surface area contributed by atoms with Gasteiger partial charge in [0.1, 0.15) is 11.5 Å². The van der Waals surface area contributed by atoms with E-state index in [1.807, 2.05) is 0 Å². The summed E-state index contributed by atoms with van der Waals surface area (Å²) in [5.74, 6) is -0.678. The Morgan fingerprint density at radius 3 is 2.81 bits per heavy atom. The Hall–Kier alpha value is -0.970. The molecule has 0 saturated heterocycles. The molecule has 3 nitrogen and oxygen atoms in total. The third-order valence-electron chi connectivity index (χ3n) is 2.82. The minimum Gasteiger partial charge on any atom is -0.350 e. The molecule has 0 unspecified atom stereocenters. The highest BCUT2D eigenvalue weighted by atomic mass is 79.9. The predicted molar refractivity (Wildman–Crippen MR) is 62.0 cm³/mol. The summed E-state index contributed by atoms with van der Waals surface area (Å²) in [5.41, 5.74) is 0.488. The summed E-state index contributed by atoms with van der Waals surface area (Å²) >= 11 is 3.43. The van der Waals surface area contributed by atoms with E-state index < -0.39 is 5.82 Å². The predicted octanol–water partition coefficient (Wildman–Crippen LogP) is 2.13. The number of amides is 1. The molecule has 86 valence electrons. The van der Waals surface area contributed by atoms with Gasteiger partial charge in [-0.15, -0.1) is 0 Å². The monoisotopic (exact) mass is 286 g/mol. The number of hydrogen-bond donors (Lipinski definition) is 1. The molecular formula is C11H12BrFN2O. The summed E-state index contributed by atoms with van der Waals surface area (Å²) in [7, 11) is 0. The largest absolute Gasteiger partial charge is 0.350 e. The van der Waals surface area contributed by atoms with Gasteiger partial charge in [0.25, 0.3) is 5.91 Å². The number of alkyl halides is 1. The number of pyridine rings is 1. The van der Waals surface area contributed by atoms with E-state index in [1.54, 1.807) is 0 Å². The number of hydrogen-bond acceptors (Lipinski definition) is 2. The van der Waals surface area contributed by atoms with E-state index in [-0.39, 0.29) is 17.0 Å². The van der Waals surface area contributed by atoms with Gasteiger partial charge in [0.05, 0.1) is 6.20 Å². The topological polar surface area (TPSA) is 42.0 Å². The van der Waals surface area contributed by atoms with Crippen molar-refractivity contribution >= 4 is 21.8 Å². The molecule has 1 heterocycles. The van der Waals surface area contributed by atoms with Crippen LogP contribution in [0.2, 0.25) is 0 Å². The first kappa shape index (κ1) is 11.5. The van der Waals surface area contributed by atoms with Crippen LogP contribution in [0.3, 0.4) is 0 Å². The highest BCUT2D eigenvalue weighted by molar-refractivity contribution is 9.09. The van der Waals surface area contributed by atoms with Crippen molar-refractivity contribution in [3.05, 3.63) is 29.8 Å². The molecule has 1 N–H and O–H groups in total. The van der Waals surface area contributed by atoms with Gasteiger partial charge < -0.3 is 5.32 Å². The fraction of sp³-hybridized carbons (Fsp3) is 0.455. The fourth-order valence-corrected chi connectivity index (χ4v) is 2.16. The number of rotatable bonds is 4. The minimum atomic E-state index is -0.435. The van der Waals surface area contributed by atoms with Gasteiger partial charge in [-0.1, -0.05) is 15.9 Å². The summed E-state index contributed by atoms with van der Waals surface area (Å²) in [4.78, 5) is 15.4. The van der Waals surface area contributed by atoms with Crippen LogP contribution in [0.15, 0.2) is 18.3 Å². The van der Waals surface area contributed by atoms with Gasteiger partial charge in [0.15, 0.2) is 0 Å². The first-order valence-electron chi connectivity index (χ1n) is 5.11. The summed E-state index contributed by atoms with van der Waals surface area (Å²) < 4.78 is 12.6. The van der Waals surface area contributed by atoms with Gasteiger partial charge in [-0.2, -0.15) is 0 Å². The summed E-state index contributed by atoms with van der Waals surface area (Å²) in [6.45, 7) is 0.649. The molecule has 1 aliphatic carbocycles. The Bertz CT molecular complexity index is 389. The molecule has 0 aliphatic heterocycles. The van der Waals surface area contributed by atoms with Gasteiger partial charge in [-0.3, -0.25) is 4.79 Å². The zero-order chi connectivity index (χ0) is 11.6. The van der Waals surface area contributed by atoms with Gasteiger partial charge in [-0.05, 0) is 30.4 Å². The van der Waals surface area contributed by atoms with Crippen LogP contribution in [0.25, 0.3) is 0 Å². The average molecular weight is 287 g/mol. The van der Waals surface area contributed by atoms with Crippen molar-refractivity contribution in [2.45, 2.75) is 12.8 Å². The SMILES string of the molecule is O=C(NCC1(CBr)CC1)c1ccc(F)cn1. The lowest BCUT2D eigenvalue weighted by molar-refractivity contribution is 0.0941. The normalized spacial score (nSPS) is 16.9. The third-order valence-corrected chi connectivity index (χ3v) is 4.01. The van der Waals surface area contributed by atoms with Crippen LogP contribution in [-0.4, -0.2) is 22.8 Å². The van der Waals surface area contributed by atoms with Crippen LogP contribution in [0.5, 0.6) is 0 Å². The zero-order valence-corrected chi connectivity index (χ0v) is 10.3. The van der Waals surface area contributed by atoms with Crippen molar-refractivity contribution in [2.24, 2.45) is 5.41 Å². The average Bonchev–Trinajstić information content (AvgIpc) is 3.08. The second-order valence-electron chi connectivity index (χ2n) is 4.18. The lowest BCUT2D eigenvalue weighted by Crippen LogP contribution is -2.31. The van der Waals surface area contributed by atoms with Crippen LogP contribution >= 0.6 is 15.9 Å². The number of nitrogens with one attached hydrogen (secondary N) is 1. The standard InChI is InChI=1S/C11H12BrFN2O/c12-6-11(3-4-11)7-15-10(16)9-2-1-8(13)5-14-9/h1-2,5H,3-4,6-7H2,(H,15,16). The smallest absolute Gasteiger partial charge is 0.269 e. The second-order valence-corrected chi connectivity index (χ2v) is 4.74. The van der Waals surface area contributed by atoms with Gasteiger partial charge >= 0.3 is 0 Å². The number of aromatic nitrogens is 1. The van der Waals surface area contributed by atoms with E-state index >= 15 is 0 Å².